The van der Waals surface area contributed by atoms with E-state index in [1.165, 1.54) is 12.1 Å². The van der Waals surface area contributed by atoms with Crippen LogP contribution in [0.4, 0.5) is 4.39 Å². The summed E-state index contributed by atoms with van der Waals surface area (Å²) in [6, 6.07) is 5.85. The van der Waals surface area contributed by atoms with Gasteiger partial charge in [-0.2, -0.15) is 0 Å². The molecular formula is C16H24BFO4. The maximum Gasteiger partial charge on any atom is 0.526 e. The average Bonchev–Trinajstić information content (AvgIpc) is 3.21. The lowest BCUT2D eigenvalue weighted by Crippen LogP contribution is -2.54. The maximum absolute atomic E-state index is 13.1. The summed E-state index contributed by atoms with van der Waals surface area (Å²) < 4.78 is 19.0. The summed E-state index contributed by atoms with van der Waals surface area (Å²) in [5, 5.41) is 10.2. The molecule has 1 aliphatic rings. The zero-order chi connectivity index (χ0) is 16.4. The minimum atomic E-state index is -1.08. The first-order chi connectivity index (χ1) is 10.2. The first-order valence-corrected chi connectivity index (χ1v) is 7.63. The topological polar surface area (TPSA) is 47.9 Å². The normalized spacial score (nSPS) is 15.9. The molecule has 1 aromatic rings. The Morgan fingerprint density at radius 3 is 2.27 bits per heavy atom. The molecule has 1 N–H and O–H groups in total. The van der Waals surface area contributed by atoms with Crippen LogP contribution in [0.3, 0.4) is 0 Å². The number of benzene rings is 1. The molecule has 1 fully saturated rings. The van der Waals surface area contributed by atoms with Gasteiger partial charge in [-0.1, -0.05) is 12.1 Å². The highest BCUT2D eigenvalue weighted by Crippen LogP contribution is 2.29. The van der Waals surface area contributed by atoms with Gasteiger partial charge in [0.15, 0.2) is 0 Å². The van der Waals surface area contributed by atoms with Gasteiger partial charge in [0.05, 0.1) is 17.8 Å². The van der Waals surface area contributed by atoms with Crippen LogP contribution in [0.25, 0.3) is 0 Å². The van der Waals surface area contributed by atoms with Gasteiger partial charge in [0.2, 0.25) is 0 Å². The molecule has 0 radical (unpaired) electrons. The summed E-state index contributed by atoms with van der Waals surface area (Å²) in [6.45, 7) is 7.39. The summed E-state index contributed by atoms with van der Waals surface area (Å²) in [7, 11) is -0.833. The molecule has 0 aromatic heterocycles. The van der Waals surface area contributed by atoms with E-state index in [4.69, 9.17) is 14.3 Å². The Morgan fingerprint density at radius 2 is 1.77 bits per heavy atom. The second-order valence-corrected chi connectivity index (χ2v) is 6.89. The smallest absolute Gasteiger partial charge is 0.398 e. The fraction of sp³-hybridized carbons (Fsp3) is 0.625. The van der Waals surface area contributed by atoms with Crippen LogP contribution < -0.4 is 5.46 Å². The fourth-order valence-corrected chi connectivity index (χ4v) is 1.66. The highest BCUT2D eigenvalue weighted by molar-refractivity contribution is 6.61. The van der Waals surface area contributed by atoms with Gasteiger partial charge in [-0.25, -0.2) is 9.28 Å². The molecule has 1 aliphatic carbocycles. The predicted molar refractivity (Wildman–Crippen MR) is 83.0 cm³/mol. The van der Waals surface area contributed by atoms with E-state index in [1.54, 1.807) is 39.8 Å². The van der Waals surface area contributed by atoms with Crippen molar-refractivity contribution in [2.24, 2.45) is 5.92 Å². The maximum atomic E-state index is 13.1. The van der Waals surface area contributed by atoms with Gasteiger partial charge in [-0.05, 0) is 64.1 Å². The molecule has 0 unspecified atom stereocenters. The van der Waals surface area contributed by atoms with Crippen molar-refractivity contribution in [3.05, 3.63) is 30.1 Å². The number of hydrogen-bond donors (Lipinski definition) is 1. The molecule has 0 aliphatic heterocycles. The summed E-state index contributed by atoms with van der Waals surface area (Å²) in [5.74, 6) is 0.222. The second kappa shape index (κ2) is 6.66. The first kappa shape index (κ1) is 17.4. The van der Waals surface area contributed by atoms with Gasteiger partial charge >= 0.3 is 7.12 Å². The molecule has 22 heavy (non-hydrogen) atoms. The Morgan fingerprint density at radius 1 is 1.18 bits per heavy atom. The Hall–Kier alpha value is -0.945. The van der Waals surface area contributed by atoms with E-state index in [0.717, 1.165) is 12.8 Å². The molecule has 0 heterocycles. The van der Waals surface area contributed by atoms with Crippen LogP contribution in [0, 0.1) is 11.7 Å². The van der Waals surface area contributed by atoms with Crippen LogP contribution in [-0.2, 0) is 14.3 Å². The number of rotatable bonds is 8. The molecule has 0 saturated heterocycles. The van der Waals surface area contributed by atoms with E-state index in [9.17, 15) is 9.50 Å². The molecule has 1 saturated carbocycles. The summed E-state index contributed by atoms with van der Waals surface area (Å²) in [4.78, 5) is 10.7. The van der Waals surface area contributed by atoms with Crippen molar-refractivity contribution in [2.75, 3.05) is 6.61 Å². The summed E-state index contributed by atoms with van der Waals surface area (Å²) in [6.07, 6.45) is 2.31. The first-order valence-electron chi connectivity index (χ1n) is 7.63. The molecule has 0 amide bonds. The zero-order valence-corrected chi connectivity index (χ0v) is 13.6. The van der Waals surface area contributed by atoms with Crippen molar-refractivity contribution in [2.45, 2.75) is 51.7 Å². The van der Waals surface area contributed by atoms with Gasteiger partial charge in [0, 0.05) is 0 Å². The van der Waals surface area contributed by atoms with Crippen LogP contribution >= 0.6 is 0 Å². The van der Waals surface area contributed by atoms with E-state index in [1.807, 2.05) is 0 Å². The Bertz CT molecular complexity index is 480. The Balaban J connectivity index is 2.07. The van der Waals surface area contributed by atoms with Gasteiger partial charge < -0.3 is 9.76 Å². The number of aliphatic hydroxyl groups is 1. The minimum absolute atomic E-state index is 0.330. The molecule has 0 atom stereocenters. The van der Waals surface area contributed by atoms with Crippen molar-refractivity contribution in [3.63, 3.8) is 0 Å². The van der Waals surface area contributed by atoms with Crippen molar-refractivity contribution < 1.29 is 23.8 Å². The van der Waals surface area contributed by atoms with Crippen LogP contribution in [0.5, 0.6) is 0 Å². The average molecular weight is 310 g/mol. The minimum Gasteiger partial charge on any atom is -0.398 e. The lowest BCUT2D eigenvalue weighted by atomic mass is 9.76. The third-order valence-corrected chi connectivity index (χ3v) is 4.17. The Kier molecular flexibility index (Phi) is 5.27. The lowest BCUT2D eigenvalue weighted by Gasteiger charge is -2.39. The van der Waals surface area contributed by atoms with Crippen LogP contribution in [-0.4, -0.2) is 30.0 Å². The predicted octanol–water partition coefficient (Wildman–Crippen LogP) is 2.45. The van der Waals surface area contributed by atoms with Gasteiger partial charge in [-0.15, -0.1) is 0 Å². The molecular weight excluding hydrogens is 286 g/mol. The van der Waals surface area contributed by atoms with Crippen molar-refractivity contribution in [1.82, 2.24) is 0 Å². The van der Waals surface area contributed by atoms with E-state index in [0.29, 0.717) is 18.0 Å². The molecule has 4 nitrogen and oxygen atoms in total. The lowest BCUT2D eigenvalue weighted by molar-refractivity contribution is -0.236. The molecule has 6 heteroatoms. The van der Waals surface area contributed by atoms with Crippen molar-refractivity contribution in [3.8, 4) is 0 Å². The largest absolute Gasteiger partial charge is 0.526 e. The monoisotopic (exact) mass is 310 g/mol. The van der Waals surface area contributed by atoms with Crippen molar-refractivity contribution in [1.29, 1.82) is 0 Å². The summed E-state index contributed by atoms with van der Waals surface area (Å²) >= 11 is 0. The second-order valence-electron chi connectivity index (χ2n) is 6.89. The van der Waals surface area contributed by atoms with E-state index in [2.05, 4.69) is 0 Å². The van der Waals surface area contributed by atoms with Gasteiger partial charge in [0.25, 0.3) is 0 Å². The van der Waals surface area contributed by atoms with Crippen molar-refractivity contribution >= 4 is 12.6 Å². The van der Waals surface area contributed by atoms with E-state index in [-0.39, 0.29) is 5.82 Å². The third kappa shape index (κ3) is 4.78. The Labute approximate surface area is 131 Å². The third-order valence-electron chi connectivity index (χ3n) is 4.17. The highest BCUT2D eigenvalue weighted by atomic mass is 19.1. The standard InChI is InChI=1S/C16H24BFO4/c1-15(2,19)16(3,4)21-17(22-20-11-12-5-6-12)13-7-9-14(18)10-8-13/h7-10,12,19H,5-6,11H2,1-4H3. The molecule has 0 bridgehead atoms. The van der Waals surface area contributed by atoms with Gasteiger partial charge in [0.1, 0.15) is 5.82 Å². The molecule has 122 valence electrons. The van der Waals surface area contributed by atoms with Crippen LogP contribution in [0.15, 0.2) is 24.3 Å². The summed E-state index contributed by atoms with van der Waals surface area (Å²) in [5.41, 5.74) is -1.32. The van der Waals surface area contributed by atoms with E-state index < -0.39 is 18.3 Å². The van der Waals surface area contributed by atoms with Gasteiger partial charge in [-0.3, -0.25) is 4.81 Å². The van der Waals surface area contributed by atoms with Crippen LogP contribution in [0.1, 0.15) is 40.5 Å². The van der Waals surface area contributed by atoms with Crippen LogP contribution in [0.2, 0.25) is 0 Å². The zero-order valence-electron chi connectivity index (χ0n) is 13.6. The molecule has 0 spiro atoms. The number of halogens is 1. The highest BCUT2D eigenvalue weighted by Gasteiger charge is 2.41. The molecule has 2 rings (SSSR count). The van der Waals surface area contributed by atoms with E-state index >= 15 is 0 Å². The quantitative estimate of drug-likeness (QED) is 0.455. The molecule has 1 aromatic carbocycles. The fourth-order valence-electron chi connectivity index (χ4n) is 1.66. The SMILES string of the molecule is CC(C)(O)C(C)(C)OB(OOCC1CC1)c1ccc(F)cc1. The number of hydrogen-bond acceptors (Lipinski definition) is 4.